The molecule has 2 N–H and O–H groups in total. The molecule has 1 aromatic heterocycles. The summed E-state index contributed by atoms with van der Waals surface area (Å²) in [5.41, 5.74) is 0.929. The highest BCUT2D eigenvalue weighted by atomic mass is 79.9. The highest BCUT2D eigenvalue weighted by Crippen LogP contribution is 2.26. The molecule has 0 aliphatic rings. The number of nitro benzene ring substituents is 1. The molecule has 7 heteroatoms. The van der Waals surface area contributed by atoms with E-state index in [0.717, 1.165) is 30.9 Å². The second-order valence-corrected chi connectivity index (χ2v) is 4.84. The first-order valence-electron chi connectivity index (χ1n) is 5.83. The number of hydrogen-bond donors (Lipinski definition) is 2. The molecular formula is C12H13BrN4O2. The van der Waals surface area contributed by atoms with Gasteiger partial charge < -0.3 is 10.3 Å². The van der Waals surface area contributed by atoms with Crippen molar-refractivity contribution in [2.24, 2.45) is 0 Å². The first kappa shape index (κ1) is 13.5. The van der Waals surface area contributed by atoms with E-state index in [4.69, 9.17) is 0 Å². The van der Waals surface area contributed by atoms with Crippen molar-refractivity contribution in [1.82, 2.24) is 9.97 Å². The van der Waals surface area contributed by atoms with Crippen LogP contribution in [0.25, 0.3) is 0 Å². The smallest absolute Gasteiger partial charge is 0.270 e. The Morgan fingerprint density at radius 2 is 2.32 bits per heavy atom. The average Bonchev–Trinajstić information content (AvgIpc) is 2.89. The van der Waals surface area contributed by atoms with Gasteiger partial charge in [-0.1, -0.05) is 0 Å². The Balaban J connectivity index is 1.84. The van der Waals surface area contributed by atoms with Crippen molar-refractivity contribution in [1.29, 1.82) is 0 Å². The molecule has 0 bridgehead atoms. The number of halogens is 1. The molecule has 1 aromatic carbocycles. The van der Waals surface area contributed by atoms with Crippen molar-refractivity contribution >= 4 is 27.3 Å². The van der Waals surface area contributed by atoms with E-state index in [1.54, 1.807) is 18.5 Å². The monoisotopic (exact) mass is 324 g/mol. The van der Waals surface area contributed by atoms with Crippen LogP contribution in [0.3, 0.4) is 0 Å². The van der Waals surface area contributed by atoms with Crippen LogP contribution >= 0.6 is 15.9 Å². The largest absolute Gasteiger partial charge is 0.384 e. The number of hydrogen-bond acceptors (Lipinski definition) is 4. The minimum absolute atomic E-state index is 0.0769. The first-order chi connectivity index (χ1) is 9.16. The van der Waals surface area contributed by atoms with E-state index in [-0.39, 0.29) is 5.69 Å². The summed E-state index contributed by atoms with van der Waals surface area (Å²) in [5, 5.41) is 13.8. The predicted octanol–water partition coefficient (Wildman–Crippen LogP) is 3.13. The number of benzene rings is 1. The fourth-order valence-corrected chi connectivity index (χ4v) is 2.18. The number of anilines is 1. The number of nitrogens with one attached hydrogen (secondary N) is 2. The van der Waals surface area contributed by atoms with Gasteiger partial charge >= 0.3 is 0 Å². The molecule has 0 saturated heterocycles. The molecule has 6 nitrogen and oxygen atoms in total. The van der Waals surface area contributed by atoms with Gasteiger partial charge in [-0.05, 0) is 28.4 Å². The molecule has 0 fully saturated rings. The van der Waals surface area contributed by atoms with Crippen molar-refractivity contribution in [3.05, 3.63) is 51.0 Å². The number of aromatic amines is 1. The molecule has 0 radical (unpaired) electrons. The van der Waals surface area contributed by atoms with E-state index in [1.807, 2.05) is 0 Å². The summed E-state index contributed by atoms with van der Waals surface area (Å²) in [6, 6.07) is 4.68. The lowest BCUT2D eigenvalue weighted by Gasteiger charge is -2.07. The molecule has 0 atom stereocenters. The zero-order chi connectivity index (χ0) is 13.7. The Morgan fingerprint density at radius 1 is 1.47 bits per heavy atom. The maximum Gasteiger partial charge on any atom is 0.270 e. The van der Waals surface area contributed by atoms with Gasteiger partial charge in [-0.2, -0.15) is 0 Å². The van der Waals surface area contributed by atoms with Crippen LogP contribution in [-0.4, -0.2) is 21.4 Å². The second-order valence-electron chi connectivity index (χ2n) is 3.99. The highest BCUT2D eigenvalue weighted by Gasteiger charge is 2.08. The number of rotatable bonds is 6. The molecule has 19 heavy (non-hydrogen) atoms. The molecule has 0 unspecified atom stereocenters. The molecular weight excluding hydrogens is 312 g/mol. The highest BCUT2D eigenvalue weighted by molar-refractivity contribution is 9.10. The molecule has 2 rings (SSSR count). The van der Waals surface area contributed by atoms with Crippen molar-refractivity contribution in [3.63, 3.8) is 0 Å². The van der Waals surface area contributed by atoms with Gasteiger partial charge in [0.25, 0.3) is 5.69 Å². The minimum Gasteiger partial charge on any atom is -0.384 e. The van der Waals surface area contributed by atoms with E-state index in [0.29, 0.717) is 4.47 Å². The summed E-state index contributed by atoms with van der Waals surface area (Å²) in [4.78, 5) is 17.4. The van der Waals surface area contributed by atoms with Gasteiger partial charge in [-0.15, -0.1) is 0 Å². The maximum absolute atomic E-state index is 10.6. The van der Waals surface area contributed by atoms with Crippen molar-refractivity contribution in [2.45, 2.75) is 12.8 Å². The number of aromatic nitrogens is 2. The lowest BCUT2D eigenvalue weighted by atomic mass is 10.2. The fraction of sp³-hybridized carbons (Fsp3) is 0.250. The summed E-state index contributed by atoms with van der Waals surface area (Å²) in [6.45, 7) is 0.775. The van der Waals surface area contributed by atoms with Crippen LogP contribution in [0.1, 0.15) is 12.2 Å². The first-order valence-corrected chi connectivity index (χ1v) is 6.62. The molecule has 1 heterocycles. The standard InChI is InChI=1S/C12H13BrN4O2/c13-10-8-9(17(18)19)3-4-11(10)14-5-1-2-12-15-6-7-16-12/h3-4,6-8,14H,1-2,5H2,(H,15,16). The number of non-ortho nitro benzene ring substituents is 1. The van der Waals surface area contributed by atoms with Gasteiger partial charge in [0, 0.05) is 47.7 Å². The molecule has 0 saturated carbocycles. The fourth-order valence-electron chi connectivity index (χ4n) is 1.67. The van der Waals surface area contributed by atoms with Gasteiger partial charge in [0.1, 0.15) is 5.82 Å². The van der Waals surface area contributed by atoms with E-state index in [1.165, 1.54) is 12.1 Å². The van der Waals surface area contributed by atoms with Crippen LogP contribution in [0.4, 0.5) is 11.4 Å². The van der Waals surface area contributed by atoms with Gasteiger partial charge in [0.15, 0.2) is 0 Å². The number of H-pyrrole nitrogens is 1. The van der Waals surface area contributed by atoms with E-state index >= 15 is 0 Å². The third-order valence-electron chi connectivity index (χ3n) is 2.62. The Hall–Kier alpha value is -1.89. The topological polar surface area (TPSA) is 83.8 Å². The molecule has 0 aliphatic carbocycles. The summed E-state index contributed by atoms with van der Waals surface area (Å²) in [6.07, 6.45) is 5.33. The molecule has 2 aromatic rings. The van der Waals surface area contributed by atoms with Gasteiger partial charge in [0.2, 0.25) is 0 Å². The number of nitro groups is 1. The lowest BCUT2D eigenvalue weighted by Crippen LogP contribution is -2.04. The molecule has 0 amide bonds. The van der Waals surface area contributed by atoms with E-state index < -0.39 is 4.92 Å². The van der Waals surface area contributed by atoms with Gasteiger partial charge in [-0.3, -0.25) is 10.1 Å². The number of imidazole rings is 1. The lowest BCUT2D eigenvalue weighted by molar-refractivity contribution is -0.384. The second kappa shape index (κ2) is 6.33. The number of aryl methyl sites for hydroxylation is 1. The summed E-state index contributed by atoms with van der Waals surface area (Å²) >= 11 is 3.32. The van der Waals surface area contributed by atoms with Crippen molar-refractivity contribution in [3.8, 4) is 0 Å². The quantitative estimate of drug-likeness (QED) is 0.485. The zero-order valence-corrected chi connectivity index (χ0v) is 11.7. The maximum atomic E-state index is 10.6. The normalized spacial score (nSPS) is 10.4. The van der Waals surface area contributed by atoms with Gasteiger partial charge in [-0.25, -0.2) is 4.98 Å². The Morgan fingerprint density at radius 3 is 2.95 bits per heavy atom. The zero-order valence-electron chi connectivity index (χ0n) is 10.1. The van der Waals surface area contributed by atoms with E-state index in [9.17, 15) is 10.1 Å². The Kier molecular flexibility index (Phi) is 4.51. The van der Waals surface area contributed by atoms with Crippen molar-refractivity contribution < 1.29 is 4.92 Å². The summed E-state index contributed by atoms with van der Waals surface area (Å²) < 4.78 is 0.694. The SMILES string of the molecule is O=[N+]([O-])c1ccc(NCCCc2ncc[nH]2)c(Br)c1. The van der Waals surface area contributed by atoms with Gasteiger partial charge in [0.05, 0.1) is 4.92 Å². The van der Waals surface area contributed by atoms with Crippen LogP contribution in [0.2, 0.25) is 0 Å². The number of nitrogens with zero attached hydrogens (tertiary/aromatic N) is 2. The van der Waals surface area contributed by atoms with Crippen LogP contribution in [0.15, 0.2) is 35.1 Å². The third-order valence-corrected chi connectivity index (χ3v) is 3.28. The predicted molar refractivity (Wildman–Crippen MR) is 76.2 cm³/mol. The van der Waals surface area contributed by atoms with Crippen LogP contribution in [0, 0.1) is 10.1 Å². The summed E-state index contributed by atoms with van der Waals surface area (Å²) in [7, 11) is 0. The molecule has 0 spiro atoms. The van der Waals surface area contributed by atoms with Crippen LogP contribution in [-0.2, 0) is 6.42 Å². The molecule has 100 valence electrons. The summed E-state index contributed by atoms with van der Waals surface area (Å²) in [5.74, 6) is 0.963. The van der Waals surface area contributed by atoms with Crippen molar-refractivity contribution in [2.75, 3.05) is 11.9 Å². The molecule has 0 aliphatic heterocycles. The Bertz CT molecular complexity index is 557. The van der Waals surface area contributed by atoms with Crippen LogP contribution < -0.4 is 5.32 Å². The Labute approximate surface area is 118 Å². The van der Waals surface area contributed by atoms with Crippen LogP contribution in [0.5, 0.6) is 0 Å². The third kappa shape index (κ3) is 3.78. The average molecular weight is 325 g/mol. The minimum atomic E-state index is -0.411. The van der Waals surface area contributed by atoms with E-state index in [2.05, 4.69) is 31.2 Å².